The van der Waals surface area contributed by atoms with Gasteiger partial charge in [-0.25, -0.2) is 4.79 Å². The number of nitrogens with one attached hydrogen (secondary N) is 1. The molecule has 1 aliphatic carbocycles. The van der Waals surface area contributed by atoms with Crippen molar-refractivity contribution in [2.45, 2.75) is 32.1 Å². The van der Waals surface area contributed by atoms with Crippen molar-refractivity contribution in [1.82, 2.24) is 14.9 Å². The van der Waals surface area contributed by atoms with Gasteiger partial charge in [-0.3, -0.25) is 9.59 Å². The van der Waals surface area contributed by atoms with Crippen molar-refractivity contribution in [2.24, 2.45) is 11.3 Å². The minimum absolute atomic E-state index is 0.0944. The molecule has 136 valence electrons. The van der Waals surface area contributed by atoms with E-state index in [4.69, 9.17) is 0 Å². The van der Waals surface area contributed by atoms with Gasteiger partial charge in [-0.15, -0.1) is 0 Å². The Morgan fingerprint density at radius 2 is 2.08 bits per heavy atom. The summed E-state index contributed by atoms with van der Waals surface area (Å²) in [5.41, 5.74) is -0.814. The number of hydrogen-bond acceptors (Lipinski definition) is 4. The Morgan fingerprint density at radius 3 is 2.81 bits per heavy atom. The maximum atomic E-state index is 13.1. The smallest absolute Gasteiger partial charge is 0.346 e. The van der Waals surface area contributed by atoms with Gasteiger partial charge in [-0.05, 0) is 31.2 Å². The van der Waals surface area contributed by atoms with E-state index in [0.717, 1.165) is 12.8 Å². The Morgan fingerprint density at radius 1 is 1.31 bits per heavy atom. The molecule has 26 heavy (non-hydrogen) atoms. The fourth-order valence-electron chi connectivity index (χ4n) is 4.02. The molecule has 7 heteroatoms. The van der Waals surface area contributed by atoms with E-state index in [1.807, 2.05) is 0 Å². The molecule has 1 aromatic carbocycles. The normalized spacial score (nSPS) is 23.2. The number of aromatic amines is 1. The standard InChI is InChI=1S/C19H21N3O4/c23-16(15-13-4-1-2-5-14(13)20-18(26)21-15)22-9-3-8-19(11-22,17(24)25)10-12-6-7-12/h1-2,4-5,12H,3,6-11H2,(H,24,25)(H,20,21,26)/t19-/m1/s1. The van der Waals surface area contributed by atoms with E-state index in [-0.39, 0.29) is 18.1 Å². The molecule has 0 unspecified atom stereocenters. The van der Waals surface area contributed by atoms with Crippen molar-refractivity contribution < 1.29 is 14.7 Å². The molecule has 4 rings (SSSR count). The number of carboxylic acids is 1. The van der Waals surface area contributed by atoms with Crippen LogP contribution in [0.4, 0.5) is 0 Å². The highest BCUT2D eigenvalue weighted by Crippen LogP contribution is 2.45. The number of nitrogens with zero attached hydrogens (tertiary/aromatic N) is 2. The fourth-order valence-corrected chi connectivity index (χ4v) is 4.02. The molecule has 7 nitrogen and oxygen atoms in total. The first-order valence-corrected chi connectivity index (χ1v) is 9.00. The maximum absolute atomic E-state index is 13.1. The SMILES string of the molecule is O=C(c1nc(=O)[nH]c2ccccc12)N1CCC[C@](CC2CC2)(C(=O)O)C1. The van der Waals surface area contributed by atoms with Crippen molar-refractivity contribution in [3.8, 4) is 0 Å². The monoisotopic (exact) mass is 355 g/mol. The lowest BCUT2D eigenvalue weighted by atomic mass is 9.75. The minimum Gasteiger partial charge on any atom is -0.481 e. The van der Waals surface area contributed by atoms with E-state index in [9.17, 15) is 19.5 Å². The molecule has 1 saturated heterocycles. The van der Waals surface area contributed by atoms with E-state index in [0.29, 0.717) is 42.6 Å². The lowest BCUT2D eigenvalue weighted by Gasteiger charge is -2.40. The molecule has 1 amide bonds. The average molecular weight is 355 g/mol. The number of rotatable bonds is 4. The minimum atomic E-state index is -0.883. The molecule has 2 aliphatic rings. The van der Waals surface area contributed by atoms with Crippen LogP contribution in [0, 0.1) is 11.3 Å². The summed E-state index contributed by atoms with van der Waals surface area (Å²) in [6, 6.07) is 7.02. The topological polar surface area (TPSA) is 103 Å². The second-order valence-corrected chi connectivity index (χ2v) is 7.50. The number of amides is 1. The highest BCUT2D eigenvalue weighted by molar-refractivity contribution is 6.04. The van der Waals surface area contributed by atoms with Crippen LogP contribution in [0.3, 0.4) is 0 Å². The Kier molecular flexibility index (Phi) is 4.01. The summed E-state index contributed by atoms with van der Waals surface area (Å²) >= 11 is 0. The number of carboxylic acid groups (broad SMARTS) is 1. The van der Waals surface area contributed by atoms with Crippen molar-refractivity contribution in [2.75, 3.05) is 13.1 Å². The quantitative estimate of drug-likeness (QED) is 0.873. The van der Waals surface area contributed by atoms with Crippen molar-refractivity contribution in [1.29, 1.82) is 0 Å². The van der Waals surface area contributed by atoms with Crippen LogP contribution < -0.4 is 5.69 Å². The molecule has 0 bridgehead atoms. The molecule has 2 fully saturated rings. The van der Waals surface area contributed by atoms with Crippen LogP contribution in [0.1, 0.15) is 42.6 Å². The molecule has 2 N–H and O–H groups in total. The van der Waals surface area contributed by atoms with Crippen LogP contribution in [0.5, 0.6) is 0 Å². The lowest BCUT2D eigenvalue weighted by Crippen LogP contribution is -2.50. The second kappa shape index (κ2) is 6.23. The summed E-state index contributed by atoms with van der Waals surface area (Å²) in [7, 11) is 0. The Bertz CT molecular complexity index is 934. The fraction of sp³-hybridized carbons (Fsp3) is 0.474. The Hall–Kier alpha value is -2.70. The molecule has 1 aromatic heterocycles. The molecule has 2 aromatic rings. The van der Waals surface area contributed by atoms with Gasteiger partial charge in [0, 0.05) is 18.5 Å². The first kappa shape index (κ1) is 16.8. The van der Waals surface area contributed by atoms with Gasteiger partial charge in [0.2, 0.25) is 0 Å². The Labute approximate surface area is 150 Å². The number of aliphatic carboxylic acids is 1. The number of fused-ring (bicyclic) bond motifs is 1. The number of carbonyl (C=O) groups excluding carboxylic acids is 1. The van der Waals surface area contributed by atoms with Crippen molar-refractivity contribution in [3.05, 3.63) is 40.4 Å². The summed E-state index contributed by atoms with van der Waals surface area (Å²) < 4.78 is 0. The number of aromatic nitrogens is 2. The van der Waals surface area contributed by atoms with E-state index in [1.54, 1.807) is 29.2 Å². The first-order valence-electron chi connectivity index (χ1n) is 9.00. The maximum Gasteiger partial charge on any atom is 0.346 e. The van der Waals surface area contributed by atoms with E-state index in [1.165, 1.54) is 0 Å². The average Bonchev–Trinajstić information content (AvgIpc) is 3.44. The third-order valence-electron chi connectivity index (χ3n) is 5.53. The summed E-state index contributed by atoms with van der Waals surface area (Å²) in [4.78, 5) is 45.0. The molecular formula is C19H21N3O4. The third-order valence-corrected chi connectivity index (χ3v) is 5.53. The van der Waals surface area contributed by atoms with Crippen LogP contribution in [0.2, 0.25) is 0 Å². The third kappa shape index (κ3) is 2.98. The highest BCUT2D eigenvalue weighted by Gasteiger charge is 2.47. The number of piperidine rings is 1. The largest absolute Gasteiger partial charge is 0.481 e. The predicted octanol–water partition coefficient (Wildman–Crippen LogP) is 2.03. The molecule has 0 spiro atoms. The zero-order valence-electron chi connectivity index (χ0n) is 14.4. The molecule has 1 saturated carbocycles. The molecular weight excluding hydrogens is 334 g/mol. The van der Waals surface area contributed by atoms with Gasteiger partial charge in [0.05, 0.1) is 10.9 Å². The number of para-hydroxylation sites is 1. The van der Waals surface area contributed by atoms with Crippen LogP contribution in [0.15, 0.2) is 29.1 Å². The van der Waals surface area contributed by atoms with Crippen LogP contribution >= 0.6 is 0 Å². The number of likely N-dealkylation sites (tertiary alicyclic amines) is 1. The van der Waals surface area contributed by atoms with Gasteiger partial charge in [-0.1, -0.05) is 31.0 Å². The number of H-pyrrole nitrogens is 1. The van der Waals surface area contributed by atoms with Gasteiger partial charge in [0.25, 0.3) is 5.91 Å². The van der Waals surface area contributed by atoms with Crippen LogP contribution in [-0.2, 0) is 4.79 Å². The van der Waals surface area contributed by atoms with Crippen LogP contribution in [-0.4, -0.2) is 44.9 Å². The predicted molar refractivity (Wildman–Crippen MR) is 94.9 cm³/mol. The van der Waals surface area contributed by atoms with Gasteiger partial charge in [0.15, 0.2) is 0 Å². The van der Waals surface area contributed by atoms with Gasteiger partial charge in [0.1, 0.15) is 5.69 Å². The van der Waals surface area contributed by atoms with Gasteiger partial charge in [-0.2, -0.15) is 4.98 Å². The second-order valence-electron chi connectivity index (χ2n) is 7.50. The summed E-state index contributed by atoms with van der Waals surface area (Å²) in [6.07, 6.45) is 4.00. The number of benzene rings is 1. The van der Waals surface area contributed by atoms with Crippen molar-refractivity contribution in [3.63, 3.8) is 0 Å². The van der Waals surface area contributed by atoms with E-state index < -0.39 is 17.1 Å². The highest BCUT2D eigenvalue weighted by atomic mass is 16.4. The summed E-state index contributed by atoms with van der Waals surface area (Å²) in [5.74, 6) is -0.737. The molecule has 0 radical (unpaired) electrons. The van der Waals surface area contributed by atoms with E-state index >= 15 is 0 Å². The molecule has 1 aliphatic heterocycles. The van der Waals surface area contributed by atoms with Gasteiger partial charge < -0.3 is 15.0 Å². The Balaban J connectivity index is 1.68. The summed E-state index contributed by atoms with van der Waals surface area (Å²) in [6.45, 7) is 0.668. The zero-order valence-corrected chi connectivity index (χ0v) is 14.4. The molecule has 2 heterocycles. The summed E-state index contributed by atoms with van der Waals surface area (Å²) in [5, 5.41) is 10.4. The lowest BCUT2D eigenvalue weighted by molar-refractivity contribution is -0.152. The number of hydrogen-bond donors (Lipinski definition) is 2. The number of carbonyl (C=O) groups is 2. The van der Waals surface area contributed by atoms with Crippen LogP contribution in [0.25, 0.3) is 10.9 Å². The van der Waals surface area contributed by atoms with E-state index in [2.05, 4.69) is 9.97 Å². The molecule has 1 atom stereocenters. The van der Waals surface area contributed by atoms with Crippen molar-refractivity contribution >= 4 is 22.8 Å². The first-order chi connectivity index (χ1) is 12.5. The zero-order chi connectivity index (χ0) is 18.3. The van der Waals surface area contributed by atoms with Gasteiger partial charge >= 0.3 is 11.7 Å².